The molecule has 116 valence electrons. The highest BCUT2D eigenvalue weighted by Gasteiger charge is 2.42. The highest BCUT2D eigenvalue weighted by atomic mass is 16.5. The molecule has 0 radical (unpaired) electrons. The van der Waals surface area contributed by atoms with Crippen LogP contribution in [0, 0.1) is 5.41 Å². The molecule has 3 N–H and O–H groups in total. The average Bonchev–Trinajstić information content (AvgIpc) is 3.29. The van der Waals surface area contributed by atoms with E-state index in [9.17, 15) is 4.79 Å². The lowest BCUT2D eigenvalue weighted by Gasteiger charge is -2.16. The van der Waals surface area contributed by atoms with Gasteiger partial charge >= 0.3 is 0 Å². The van der Waals surface area contributed by atoms with Gasteiger partial charge in [0, 0.05) is 32.4 Å². The van der Waals surface area contributed by atoms with E-state index >= 15 is 0 Å². The van der Waals surface area contributed by atoms with Crippen LogP contribution in [0.1, 0.15) is 24.8 Å². The number of carbonyl (C=O) groups is 1. The van der Waals surface area contributed by atoms with Crippen LogP contribution in [0.2, 0.25) is 0 Å². The summed E-state index contributed by atoms with van der Waals surface area (Å²) in [6.45, 7) is 1.88. The Morgan fingerprint density at radius 2 is 2.14 bits per heavy atom. The first kappa shape index (κ1) is 15.8. The number of hydrogen-bond acceptors (Lipinski definition) is 4. The smallest absolute Gasteiger partial charge is 0.257 e. The van der Waals surface area contributed by atoms with Crippen molar-refractivity contribution in [2.24, 2.45) is 11.1 Å². The van der Waals surface area contributed by atoms with Gasteiger partial charge in [-0.1, -0.05) is 18.2 Å². The molecule has 1 aromatic carbocycles. The molecule has 0 atom stereocenters. The summed E-state index contributed by atoms with van der Waals surface area (Å²) in [7, 11) is 1.71. The van der Waals surface area contributed by atoms with Crippen LogP contribution in [-0.4, -0.2) is 32.8 Å². The van der Waals surface area contributed by atoms with Gasteiger partial charge in [-0.25, -0.2) is 0 Å². The lowest BCUT2D eigenvalue weighted by Crippen LogP contribution is -2.34. The van der Waals surface area contributed by atoms with Gasteiger partial charge in [0.2, 0.25) is 0 Å². The van der Waals surface area contributed by atoms with Crippen molar-refractivity contribution in [1.29, 1.82) is 0 Å². The predicted octanol–water partition coefficient (Wildman–Crippen LogP) is 1.46. The van der Waals surface area contributed by atoms with Gasteiger partial charge in [0.1, 0.15) is 5.75 Å². The summed E-state index contributed by atoms with van der Waals surface area (Å²) in [5, 5.41) is 2.95. The van der Waals surface area contributed by atoms with Gasteiger partial charge in [-0.3, -0.25) is 4.79 Å². The standard InChI is InChI=1S/C16H24N2O3/c1-20-9-8-16(6-7-16)12-18-15(19)11-21-14-5-3-2-4-13(14)10-17/h2-5H,6-12,17H2,1H3,(H,18,19). The van der Waals surface area contributed by atoms with Crippen LogP contribution in [0.25, 0.3) is 0 Å². The van der Waals surface area contributed by atoms with Crippen molar-refractivity contribution < 1.29 is 14.3 Å². The molecule has 0 bridgehead atoms. The number of ether oxygens (including phenoxy) is 2. The molecular weight excluding hydrogens is 268 g/mol. The highest BCUT2D eigenvalue weighted by Crippen LogP contribution is 2.48. The Kier molecular flexibility index (Phi) is 5.59. The van der Waals surface area contributed by atoms with Crippen LogP contribution in [0.5, 0.6) is 5.75 Å². The monoisotopic (exact) mass is 292 g/mol. The first-order valence-electron chi connectivity index (χ1n) is 7.35. The summed E-state index contributed by atoms with van der Waals surface area (Å²) in [6.07, 6.45) is 3.32. The second-order valence-corrected chi connectivity index (χ2v) is 5.62. The van der Waals surface area contributed by atoms with E-state index in [0.717, 1.165) is 31.4 Å². The van der Waals surface area contributed by atoms with Crippen molar-refractivity contribution in [1.82, 2.24) is 5.32 Å². The molecule has 0 unspecified atom stereocenters. The molecule has 0 heterocycles. The first-order chi connectivity index (χ1) is 10.2. The fraction of sp³-hybridized carbons (Fsp3) is 0.562. The van der Waals surface area contributed by atoms with Crippen molar-refractivity contribution in [3.63, 3.8) is 0 Å². The van der Waals surface area contributed by atoms with Crippen LogP contribution < -0.4 is 15.8 Å². The minimum Gasteiger partial charge on any atom is -0.483 e. The lowest BCUT2D eigenvalue weighted by atomic mass is 10.0. The molecule has 1 aliphatic carbocycles. The van der Waals surface area contributed by atoms with Gasteiger partial charge in [-0.15, -0.1) is 0 Å². The molecule has 0 spiro atoms. The van der Waals surface area contributed by atoms with E-state index in [-0.39, 0.29) is 17.9 Å². The van der Waals surface area contributed by atoms with Crippen molar-refractivity contribution in [3.05, 3.63) is 29.8 Å². The molecule has 5 heteroatoms. The van der Waals surface area contributed by atoms with E-state index in [1.807, 2.05) is 24.3 Å². The number of nitrogens with one attached hydrogen (secondary N) is 1. The second-order valence-electron chi connectivity index (χ2n) is 5.62. The molecule has 1 saturated carbocycles. The molecule has 1 aromatic rings. The molecule has 5 nitrogen and oxygen atoms in total. The summed E-state index contributed by atoms with van der Waals surface area (Å²) >= 11 is 0. The van der Waals surface area contributed by atoms with Crippen molar-refractivity contribution in [2.75, 3.05) is 26.9 Å². The van der Waals surface area contributed by atoms with Gasteiger partial charge in [-0.2, -0.15) is 0 Å². The molecule has 1 amide bonds. The van der Waals surface area contributed by atoms with Crippen LogP contribution in [-0.2, 0) is 16.1 Å². The number of amides is 1. The number of carbonyl (C=O) groups excluding carboxylic acids is 1. The molecule has 0 aromatic heterocycles. The number of hydrogen-bond donors (Lipinski definition) is 2. The summed E-state index contributed by atoms with van der Waals surface area (Å²) in [5.74, 6) is 0.584. The molecule has 1 fully saturated rings. The number of nitrogens with two attached hydrogens (primary N) is 1. The number of benzene rings is 1. The van der Waals surface area contributed by atoms with E-state index < -0.39 is 0 Å². The van der Waals surface area contributed by atoms with Crippen molar-refractivity contribution in [3.8, 4) is 5.75 Å². The van der Waals surface area contributed by atoms with Crippen LogP contribution in [0.3, 0.4) is 0 Å². The Labute approximate surface area is 125 Å². The molecule has 1 aliphatic rings. The normalized spacial score (nSPS) is 15.5. The topological polar surface area (TPSA) is 73.6 Å². The molecule has 0 aliphatic heterocycles. The van der Waals surface area contributed by atoms with E-state index in [1.165, 1.54) is 0 Å². The molecule has 0 saturated heterocycles. The quantitative estimate of drug-likeness (QED) is 0.722. The van der Waals surface area contributed by atoms with Gasteiger partial charge in [0.25, 0.3) is 5.91 Å². The largest absolute Gasteiger partial charge is 0.483 e. The third kappa shape index (κ3) is 4.72. The van der Waals surface area contributed by atoms with Gasteiger partial charge in [0.15, 0.2) is 6.61 Å². The Morgan fingerprint density at radius 3 is 2.81 bits per heavy atom. The zero-order valence-electron chi connectivity index (χ0n) is 12.6. The summed E-state index contributed by atoms with van der Waals surface area (Å²) in [5.41, 5.74) is 6.79. The minimum atomic E-state index is -0.0921. The SMILES string of the molecule is COCCC1(CNC(=O)COc2ccccc2CN)CC1. The Hall–Kier alpha value is -1.59. The number of rotatable bonds is 9. The van der Waals surface area contributed by atoms with Gasteiger partial charge in [-0.05, 0) is 30.7 Å². The first-order valence-corrected chi connectivity index (χ1v) is 7.35. The van der Waals surface area contributed by atoms with Crippen molar-refractivity contribution >= 4 is 5.91 Å². The average molecular weight is 292 g/mol. The summed E-state index contributed by atoms with van der Waals surface area (Å²) in [6, 6.07) is 7.51. The van der Waals surface area contributed by atoms with E-state index in [2.05, 4.69) is 5.32 Å². The number of methoxy groups -OCH3 is 1. The van der Waals surface area contributed by atoms with Crippen molar-refractivity contribution in [2.45, 2.75) is 25.8 Å². The van der Waals surface area contributed by atoms with Crippen LogP contribution in [0.4, 0.5) is 0 Å². The summed E-state index contributed by atoms with van der Waals surface area (Å²) in [4.78, 5) is 11.9. The summed E-state index contributed by atoms with van der Waals surface area (Å²) < 4.78 is 10.6. The highest BCUT2D eigenvalue weighted by molar-refractivity contribution is 5.77. The van der Waals surface area contributed by atoms with Gasteiger partial charge in [0.05, 0.1) is 0 Å². The minimum absolute atomic E-state index is 0.0252. The molecular formula is C16H24N2O3. The fourth-order valence-corrected chi connectivity index (χ4v) is 2.30. The van der Waals surface area contributed by atoms with E-state index in [0.29, 0.717) is 18.8 Å². The van der Waals surface area contributed by atoms with Crippen LogP contribution >= 0.6 is 0 Å². The third-order valence-corrected chi connectivity index (χ3v) is 4.01. The fourth-order valence-electron chi connectivity index (χ4n) is 2.30. The lowest BCUT2D eigenvalue weighted by molar-refractivity contribution is -0.123. The predicted molar refractivity (Wildman–Crippen MR) is 81.0 cm³/mol. The van der Waals surface area contributed by atoms with Crippen LogP contribution in [0.15, 0.2) is 24.3 Å². The Balaban J connectivity index is 1.73. The van der Waals surface area contributed by atoms with E-state index in [1.54, 1.807) is 7.11 Å². The van der Waals surface area contributed by atoms with Gasteiger partial charge < -0.3 is 20.5 Å². The molecule has 2 rings (SSSR count). The second kappa shape index (κ2) is 7.43. The van der Waals surface area contributed by atoms with E-state index in [4.69, 9.17) is 15.2 Å². The maximum atomic E-state index is 11.9. The zero-order valence-corrected chi connectivity index (χ0v) is 12.6. The third-order valence-electron chi connectivity index (χ3n) is 4.01. The zero-order chi connectivity index (χ0) is 15.1. The maximum Gasteiger partial charge on any atom is 0.257 e. The Morgan fingerprint density at radius 1 is 1.38 bits per heavy atom. The number of para-hydroxylation sites is 1. The molecule has 21 heavy (non-hydrogen) atoms. The maximum absolute atomic E-state index is 11.9. The Bertz CT molecular complexity index is 472.